The van der Waals surface area contributed by atoms with Crippen molar-refractivity contribution in [2.75, 3.05) is 27.2 Å². The zero-order valence-electron chi connectivity index (χ0n) is 15.0. The molecule has 0 amide bonds. The number of hydrogen-bond acceptors (Lipinski definition) is 2. The van der Waals surface area contributed by atoms with Crippen LogP contribution in [-0.4, -0.2) is 59.6 Å². The Morgan fingerprint density at radius 2 is 2.17 bits per heavy atom. The molecule has 1 aliphatic rings. The molecule has 0 aromatic carbocycles. The van der Waals surface area contributed by atoms with Crippen molar-refractivity contribution in [2.24, 2.45) is 12.0 Å². The summed E-state index contributed by atoms with van der Waals surface area (Å²) in [5, 5.41) is 4.25. The summed E-state index contributed by atoms with van der Waals surface area (Å²) in [7, 11) is 5.90. The first-order valence-electron chi connectivity index (χ1n) is 8.40. The van der Waals surface area contributed by atoms with Crippen LogP contribution >= 0.6 is 11.6 Å². The molecule has 1 aromatic rings. The van der Waals surface area contributed by atoms with Crippen molar-refractivity contribution in [1.29, 1.82) is 0 Å². The SMILES string of the molecule is CN=C(NCCN(C(C)C)C1CC1)N(C)Cc1cc(Cl)cn1C. The zero-order valence-corrected chi connectivity index (χ0v) is 15.8. The number of hydrogen-bond donors (Lipinski definition) is 1. The Hall–Kier alpha value is -1.20. The second-order valence-electron chi connectivity index (χ2n) is 6.65. The quantitative estimate of drug-likeness (QED) is 0.612. The molecule has 1 saturated carbocycles. The molecule has 6 heteroatoms. The van der Waals surface area contributed by atoms with Gasteiger partial charge in [0.05, 0.1) is 11.6 Å². The second-order valence-corrected chi connectivity index (χ2v) is 7.09. The molecule has 0 bridgehead atoms. The van der Waals surface area contributed by atoms with E-state index in [0.29, 0.717) is 6.04 Å². The summed E-state index contributed by atoms with van der Waals surface area (Å²) in [5.41, 5.74) is 1.17. The van der Waals surface area contributed by atoms with Crippen molar-refractivity contribution in [2.45, 2.75) is 45.3 Å². The molecule has 0 spiro atoms. The summed E-state index contributed by atoms with van der Waals surface area (Å²) >= 11 is 6.06. The number of nitrogens with one attached hydrogen (secondary N) is 1. The van der Waals surface area contributed by atoms with E-state index in [4.69, 9.17) is 11.6 Å². The molecule has 0 atom stereocenters. The third kappa shape index (κ3) is 5.15. The van der Waals surface area contributed by atoms with E-state index in [1.165, 1.54) is 18.5 Å². The van der Waals surface area contributed by atoms with Gasteiger partial charge >= 0.3 is 0 Å². The average Bonchev–Trinajstić information content (AvgIpc) is 3.25. The molecular formula is C17H30ClN5. The predicted octanol–water partition coefficient (Wildman–Crippen LogP) is 2.56. The van der Waals surface area contributed by atoms with Crippen molar-refractivity contribution in [1.82, 2.24) is 19.7 Å². The summed E-state index contributed by atoms with van der Waals surface area (Å²) in [5.74, 6) is 0.918. The fourth-order valence-corrected chi connectivity index (χ4v) is 3.26. The van der Waals surface area contributed by atoms with E-state index in [0.717, 1.165) is 36.7 Å². The Balaban J connectivity index is 1.83. The number of aliphatic imine (C=N–C) groups is 1. The van der Waals surface area contributed by atoms with E-state index >= 15 is 0 Å². The zero-order chi connectivity index (χ0) is 17.0. The summed E-state index contributed by atoms with van der Waals surface area (Å²) in [4.78, 5) is 9.10. The molecule has 1 N–H and O–H groups in total. The summed E-state index contributed by atoms with van der Waals surface area (Å²) < 4.78 is 2.06. The van der Waals surface area contributed by atoms with Gasteiger partial charge in [-0.15, -0.1) is 0 Å². The van der Waals surface area contributed by atoms with Gasteiger partial charge in [-0.2, -0.15) is 0 Å². The minimum Gasteiger partial charge on any atom is -0.355 e. The Morgan fingerprint density at radius 1 is 1.48 bits per heavy atom. The van der Waals surface area contributed by atoms with Gasteiger partial charge in [0, 0.05) is 58.2 Å². The van der Waals surface area contributed by atoms with Crippen LogP contribution in [0.3, 0.4) is 0 Å². The van der Waals surface area contributed by atoms with Gasteiger partial charge in [0.15, 0.2) is 5.96 Å². The first kappa shape index (κ1) is 18.1. The molecule has 0 unspecified atom stereocenters. The maximum Gasteiger partial charge on any atom is 0.193 e. The fourth-order valence-electron chi connectivity index (χ4n) is 2.99. The number of halogens is 1. The van der Waals surface area contributed by atoms with E-state index in [9.17, 15) is 0 Å². The van der Waals surface area contributed by atoms with Crippen LogP contribution in [0.2, 0.25) is 5.02 Å². The van der Waals surface area contributed by atoms with E-state index in [1.807, 2.05) is 26.4 Å². The van der Waals surface area contributed by atoms with Gasteiger partial charge in [-0.05, 0) is 32.8 Å². The van der Waals surface area contributed by atoms with Crippen molar-refractivity contribution in [3.63, 3.8) is 0 Å². The highest BCUT2D eigenvalue weighted by molar-refractivity contribution is 6.30. The Bertz CT molecular complexity index is 531. The maximum absolute atomic E-state index is 6.06. The van der Waals surface area contributed by atoms with Crippen LogP contribution in [0, 0.1) is 0 Å². The largest absolute Gasteiger partial charge is 0.355 e. The van der Waals surface area contributed by atoms with Crippen LogP contribution < -0.4 is 5.32 Å². The molecule has 5 nitrogen and oxygen atoms in total. The van der Waals surface area contributed by atoms with Gasteiger partial charge in [-0.25, -0.2) is 0 Å². The van der Waals surface area contributed by atoms with Gasteiger partial charge in [0.2, 0.25) is 0 Å². The lowest BCUT2D eigenvalue weighted by Crippen LogP contribution is -2.44. The number of aromatic nitrogens is 1. The fraction of sp³-hybridized carbons (Fsp3) is 0.706. The maximum atomic E-state index is 6.06. The first-order valence-corrected chi connectivity index (χ1v) is 8.78. The van der Waals surface area contributed by atoms with E-state index in [2.05, 4.69) is 45.6 Å². The van der Waals surface area contributed by atoms with Crippen LogP contribution in [0.25, 0.3) is 0 Å². The highest BCUT2D eigenvalue weighted by atomic mass is 35.5. The number of nitrogens with zero attached hydrogens (tertiary/aromatic N) is 4. The molecule has 0 saturated heterocycles. The van der Waals surface area contributed by atoms with Gasteiger partial charge in [-0.1, -0.05) is 11.6 Å². The predicted molar refractivity (Wildman–Crippen MR) is 98.1 cm³/mol. The average molecular weight is 340 g/mol. The van der Waals surface area contributed by atoms with Gasteiger partial charge in [0.1, 0.15) is 0 Å². The third-order valence-electron chi connectivity index (χ3n) is 4.38. The van der Waals surface area contributed by atoms with Gasteiger partial charge in [-0.3, -0.25) is 9.89 Å². The molecule has 2 rings (SSSR count). The molecule has 1 heterocycles. The third-order valence-corrected chi connectivity index (χ3v) is 4.59. The van der Waals surface area contributed by atoms with E-state index in [-0.39, 0.29) is 0 Å². The molecule has 1 aromatic heterocycles. The van der Waals surface area contributed by atoms with Crippen LogP contribution in [0.15, 0.2) is 17.3 Å². The lowest BCUT2D eigenvalue weighted by atomic mass is 10.3. The van der Waals surface area contributed by atoms with Crippen molar-refractivity contribution in [3.8, 4) is 0 Å². The van der Waals surface area contributed by atoms with E-state index in [1.54, 1.807) is 0 Å². The molecule has 23 heavy (non-hydrogen) atoms. The molecule has 130 valence electrons. The van der Waals surface area contributed by atoms with E-state index < -0.39 is 0 Å². The monoisotopic (exact) mass is 339 g/mol. The standard InChI is InChI=1S/C17H30ClN5/c1-13(2)23(15-6-7-15)9-8-20-17(19-3)22(5)12-16-10-14(18)11-21(16)4/h10-11,13,15H,6-9,12H2,1-5H3,(H,19,20). The normalized spacial score (nSPS) is 15.6. The molecular weight excluding hydrogens is 310 g/mol. The lowest BCUT2D eigenvalue weighted by Gasteiger charge is -2.28. The molecule has 0 radical (unpaired) electrons. The second kappa shape index (κ2) is 8.06. The van der Waals surface area contributed by atoms with Gasteiger partial charge < -0.3 is 14.8 Å². The van der Waals surface area contributed by atoms with Crippen LogP contribution in [0.4, 0.5) is 0 Å². The van der Waals surface area contributed by atoms with Crippen molar-refractivity contribution in [3.05, 3.63) is 23.0 Å². The molecule has 0 aliphatic heterocycles. The minimum atomic E-state index is 0.606. The highest BCUT2D eigenvalue weighted by Gasteiger charge is 2.30. The summed E-state index contributed by atoms with van der Waals surface area (Å²) in [6, 6.07) is 3.40. The van der Waals surface area contributed by atoms with Crippen molar-refractivity contribution >= 4 is 17.6 Å². The van der Waals surface area contributed by atoms with Crippen molar-refractivity contribution < 1.29 is 0 Å². The Kier molecular flexibility index (Phi) is 6.36. The highest BCUT2D eigenvalue weighted by Crippen LogP contribution is 2.27. The lowest BCUT2D eigenvalue weighted by molar-refractivity contribution is 0.214. The van der Waals surface area contributed by atoms with Crippen LogP contribution in [-0.2, 0) is 13.6 Å². The van der Waals surface area contributed by atoms with Gasteiger partial charge in [0.25, 0.3) is 0 Å². The molecule has 1 fully saturated rings. The number of rotatable bonds is 7. The molecule has 1 aliphatic carbocycles. The minimum absolute atomic E-state index is 0.606. The Morgan fingerprint density at radius 3 is 2.65 bits per heavy atom. The number of guanidine groups is 1. The van der Waals surface area contributed by atoms with Crippen LogP contribution in [0.1, 0.15) is 32.4 Å². The number of aryl methyl sites for hydroxylation is 1. The summed E-state index contributed by atoms with van der Waals surface area (Å²) in [6.45, 7) is 7.31. The summed E-state index contributed by atoms with van der Waals surface area (Å²) in [6.07, 6.45) is 4.62. The first-order chi connectivity index (χ1) is 10.9. The smallest absolute Gasteiger partial charge is 0.193 e. The van der Waals surface area contributed by atoms with Crippen LogP contribution in [0.5, 0.6) is 0 Å². The Labute approximate surface area is 145 Å². The topological polar surface area (TPSA) is 35.8 Å².